The van der Waals surface area contributed by atoms with Crippen LogP contribution < -0.4 is 10.5 Å². The molecular formula is C25H35FN8O7S. The van der Waals surface area contributed by atoms with Crippen LogP contribution in [0.3, 0.4) is 0 Å². The molecule has 1 amide bonds. The first-order chi connectivity index (χ1) is 19.9. The Balaban J connectivity index is 0.000000517. The summed E-state index contributed by atoms with van der Waals surface area (Å²) in [6.07, 6.45) is 0.716. The zero-order valence-electron chi connectivity index (χ0n) is 23.9. The van der Waals surface area contributed by atoms with Crippen molar-refractivity contribution in [3.8, 4) is 0 Å². The van der Waals surface area contributed by atoms with Crippen LogP contribution in [-0.4, -0.2) is 94.1 Å². The van der Waals surface area contributed by atoms with Gasteiger partial charge < -0.3 is 24.8 Å². The Morgan fingerprint density at radius 2 is 1.83 bits per heavy atom. The number of halogens is 1. The van der Waals surface area contributed by atoms with E-state index in [0.29, 0.717) is 11.2 Å². The SMILES string of the molecule is CC1(C)O[C@@H]2[C@H](O1)[C@@H](COS(=O)(=O)NC(=O)c1cccnc1F)O[C@H]2n1cnc2c(N)ncnc21.CCN(CC)CC. The molecule has 3 aromatic heterocycles. The maximum Gasteiger partial charge on any atom is 0.362 e. The lowest BCUT2D eigenvalue weighted by molar-refractivity contribution is -0.198. The predicted molar refractivity (Wildman–Crippen MR) is 147 cm³/mol. The lowest BCUT2D eigenvalue weighted by Crippen LogP contribution is -2.38. The third-order valence-corrected chi connectivity index (χ3v) is 7.62. The van der Waals surface area contributed by atoms with Gasteiger partial charge in [0.25, 0.3) is 5.91 Å². The van der Waals surface area contributed by atoms with Crippen molar-refractivity contribution in [1.29, 1.82) is 0 Å². The Bertz CT molecular complexity index is 1500. The first kappa shape index (κ1) is 31.6. The maximum atomic E-state index is 13.7. The van der Waals surface area contributed by atoms with Gasteiger partial charge in [-0.3, -0.25) is 13.5 Å². The molecule has 0 aromatic carbocycles. The van der Waals surface area contributed by atoms with Gasteiger partial charge in [-0.1, -0.05) is 20.8 Å². The Kier molecular flexibility index (Phi) is 9.69. The average molecular weight is 611 g/mol. The van der Waals surface area contributed by atoms with Crippen LogP contribution in [0.1, 0.15) is 51.2 Å². The monoisotopic (exact) mass is 610 g/mol. The molecule has 0 radical (unpaired) electrons. The molecule has 2 saturated heterocycles. The van der Waals surface area contributed by atoms with Crippen molar-refractivity contribution >= 4 is 33.2 Å². The van der Waals surface area contributed by atoms with Gasteiger partial charge in [-0.25, -0.2) is 24.7 Å². The van der Waals surface area contributed by atoms with E-state index in [4.69, 9.17) is 24.1 Å². The number of anilines is 1. The van der Waals surface area contributed by atoms with Gasteiger partial charge >= 0.3 is 10.3 Å². The van der Waals surface area contributed by atoms with Crippen LogP contribution in [0.2, 0.25) is 0 Å². The van der Waals surface area contributed by atoms with Crippen molar-refractivity contribution in [2.75, 3.05) is 32.0 Å². The number of nitrogen functional groups attached to an aromatic ring is 1. The van der Waals surface area contributed by atoms with Gasteiger partial charge in [-0.15, -0.1) is 0 Å². The molecule has 17 heteroatoms. The molecule has 42 heavy (non-hydrogen) atoms. The number of nitrogens with two attached hydrogens (primary N) is 1. The van der Waals surface area contributed by atoms with E-state index >= 15 is 0 Å². The molecular weight excluding hydrogens is 575 g/mol. The summed E-state index contributed by atoms with van der Waals surface area (Å²) in [7, 11) is -4.63. The smallest absolute Gasteiger partial charge is 0.362 e. The number of imidazole rings is 1. The molecule has 230 valence electrons. The number of carbonyl (C=O) groups is 1. The zero-order chi connectivity index (χ0) is 30.7. The molecule has 0 bridgehead atoms. The van der Waals surface area contributed by atoms with Crippen molar-refractivity contribution in [1.82, 2.24) is 34.1 Å². The summed E-state index contributed by atoms with van der Waals surface area (Å²) in [4.78, 5) is 30.2. The molecule has 2 aliphatic rings. The number of hydrogen-bond acceptors (Lipinski definition) is 13. The standard InChI is InChI=1S/C19H20FN7O7S.C6H15N/c1-19(2)33-12-10(6-31-35(29,30)26-17(28)9-4-3-5-22-14(9)20)32-18(13(12)34-19)27-8-25-11-15(21)23-7-24-16(11)27;1-4-7(5-2)6-3/h3-5,7-8,10,12-13,18H,6H2,1-2H3,(H,26,28)(H2,21,23,24);4-6H2,1-3H3/t10-,12-,13-,18-;/m1./s1. The summed E-state index contributed by atoms with van der Waals surface area (Å²) in [6, 6.07) is 2.37. The number of aromatic nitrogens is 5. The normalized spacial score (nSPS) is 23.0. The van der Waals surface area contributed by atoms with Crippen molar-refractivity contribution in [3.05, 3.63) is 42.5 Å². The topological polar surface area (TPSA) is 186 Å². The van der Waals surface area contributed by atoms with Gasteiger partial charge in [0.1, 0.15) is 30.2 Å². The molecule has 5 heterocycles. The summed E-state index contributed by atoms with van der Waals surface area (Å²) >= 11 is 0. The molecule has 3 N–H and O–H groups in total. The van der Waals surface area contributed by atoms with Gasteiger partial charge in [-0.05, 0) is 45.6 Å². The number of hydrogen-bond donors (Lipinski definition) is 2. The lowest BCUT2D eigenvalue weighted by Gasteiger charge is -2.24. The molecule has 2 fully saturated rings. The number of nitrogens with one attached hydrogen (secondary N) is 1. The number of rotatable bonds is 9. The van der Waals surface area contributed by atoms with E-state index in [1.165, 1.54) is 38.4 Å². The number of nitrogens with zero attached hydrogens (tertiary/aromatic N) is 6. The van der Waals surface area contributed by atoms with Crippen molar-refractivity contribution < 1.29 is 36.0 Å². The second kappa shape index (κ2) is 12.9. The van der Waals surface area contributed by atoms with E-state index in [0.717, 1.165) is 12.3 Å². The highest BCUT2D eigenvalue weighted by atomic mass is 32.2. The number of fused-ring (bicyclic) bond motifs is 2. The number of carbonyl (C=O) groups excluding carboxylic acids is 1. The molecule has 15 nitrogen and oxygen atoms in total. The van der Waals surface area contributed by atoms with Crippen LogP contribution in [0.25, 0.3) is 11.2 Å². The van der Waals surface area contributed by atoms with E-state index in [9.17, 15) is 17.6 Å². The van der Waals surface area contributed by atoms with Crippen LogP contribution in [-0.2, 0) is 28.7 Å². The van der Waals surface area contributed by atoms with E-state index in [1.54, 1.807) is 23.1 Å². The molecule has 0 unspecified atom stereocenters. The second-order valence-electron chi connectivity index (χ2n) is 9.84. The van der Waals surface area contributed by atoms with Gasteiger partial charge in [0.05, 0.1) is 18.5 Å². The molecule has 5 rings (SSSR count). The van der Waals surface area contributed by atoms with Crippen molar-refractivity contribution in [2.45, 2.75) is 64.9 Å². The van der Waals surface area contributed by atoms with Crippen LogP contribution in [0.5, 0.6) is 0 Å². The van der Waals surface area contributed by atoms with Gasteiger partial charge in [0.15, 0.2) is 23.5 Å². The molecule has 0 aliphatic carbocycles. The second-order valence-corrected chi connectivity index (χ2v) is 11.2. The molecule has 2 aliphatic heterocycles. The van der Waals surface area contributed by atoms with Gasteiger partial charge in [0.2, 0.25) is 5.95 Å². The molecule has 3 aromatic rings. The fraction of sp³-hybridized carbons (Fsp3) is 0.560. The van der Waals surface area contributed by atoms with E-state index in [1.807, 2.05) is 0 Å². The van der Waals surface area contributed by atoms with Crippen molar-refractivity contribution in [2.24, 2.45) is 0 Å². The number of ether oxygens (including phenoxy) is 3. The van der Waals surface area contributed by atoms with Crippen LogP contribution in [0.15, 0.2) is 31.0 Å². The van der Waals surface area contributed by atoms with Crippen LogP contribution in [0.4, 0.5) is 10.2 Å². The lowest BCUT2D eigenvalue weighted by atomic mass is 10.1. The van der Waals surface area contributed by atoms with Gasteiger partial charge in [0, 0.05) is 6.20 Å². The minimum Gasteiger partial charge on any atom is -0.382 e. The molecule has 4 atom stereocenters. The first-order valence-electron chi connectivity index (χ1n) is 13.4. The van der Waals surface area contributed by atoms with E-state index < -0.39 is 64.7 Å². The first-order valence-corrected chi connectivity index (χ1v) is 14.8. The quantitative estimate of drug-likeness (QED) is 0.332. The Morgan fingerprint density at radius 3 is 2.48 bits per heavy atom. The Morgan fingerprint density at radius 1 is 1.14 bits per heavy atom. The van der Waals surface area contributed by atoms with E-state index in [-0.39, 0.29) is 5.82 Å². The highest BCUT2D eigenvalue weighted by Gasteiger charge is 2.56. The third-order valence-electron chi connectivity index (χ3n) is 6.74. The summed E-state index contributed by atoms with van der Waals surface area (Å²) in [5.41, 5.74) is 6.05. The maximum absolute atomic E-state index is 13.7. The fourth-order valence-corrected chi connectivity index (χ4v) is 5.36. The highest BCUT2D eigenvalue weighted by molar-refractivity contribution is 7.85. The number of amides is 1. The fourth-order valence-electron chi connectivity index (χ4n) is 4.65. The largest absolute Gasteiger partial charge is 0.382 e. The van der Waals surface area contributed by atoms with Gasteiger partial charge in [-0.2, -0.15) is 12.8 Å². The minimum absolute atomic E-state index is 0.180. The van der Waals surface area contributed by atoms with Crippen LogP contribution in [0, 0.1) is 5.95 Å². The number of pyridine rings is 1. The third kappa shape index (κ3) is 6.99. The summed E-state index contributed by atoms with van der Waals surface area (Å²) < 4.78 is 64.5. The van der Waals surface area contributed by atoms with E-state index in [2.05, 4.69) is 45.6 Å². The summed E-state index contributed by atoms with van der Waals surface area (Å²) in [6.45, 7) is 13.0. The summed E-state index contributed by atoms with van der Waals surface area (Å²) in [5.74, 6) is -3.17. The zero-order valence-corrected chi connectivity index (χ0v) is 24.7. The molecule has 0 spiro atoms. The van der Waals surface area contributed by atoms with Crippen molar-refractivity contribution in [3.63, 3.8) is 0 Å². The molecule has 0 saturated carbocycles. The van der Waals surface area contributed by atoms with Crippen LogP contribution >= 0.6 is 0 Å². The summed E-state index contributed by atoms with van der Waals surface area (Å²) in [5, 5.41) is 0. The predicted octanol–water partition coefficient (Wildman–Crippen LogP) is 1.40. The highest BCUT2D eigenvalue weighted by Crippen LogP contribution is 2.44. The Hall–Kier alpha value is -3.35. The minimum atomic E-state index is -4.63. The average Bonchev–Trinajstić information content (AvgIpc) is 3.60. The Labute approximate surface area is 242 Å².